The van der Waals surface area contributed by atoms with Crippen LogP contribution >= 0.6 is 0 Å². The number of nitrogens with two attached hydrogens (primary N) is 1. The molecule has 6 heteroatoms. The maximum Gasteiger partial charge on any atom is 0.402 e. The van der Waals surface area contributed by atoms with Gasteiger partial charge in [0.25, 0.3) is 6.47 Å². The minimum atomic E-state index is -1.33. The molecule has 0 fully saturated rings. The van der Waals surface area contributed by atoms with Gasteiger partial charge in [-0.2, -0.15) is 5.26 Å². The summed E-state index contributed by atoms with van der Waals surface area (Å²) in [7, 11) is 0. The first-order chi connectivity index (χ1) is 4.56. The van der Waals surface area contributed by atoms with Gasteiger partial charge in [0.05, 0.1) is 6.07 Å². The molecule has 0 heterocycles. The topological polar surface area (TPSA) is 124 Å². The van der Waals surface area contributed by atoms with Crippen LogP contribution in [0.3, 0.4) is 0 Å². The fourth-order valence-corrected chi connectivity index (χ4v) is 0. The van der Waals surface area contributed by atoms with Crippen molar-refractivity contribution >= 4 is 12.6 Å². The Morgan fingerprint density at radius 2 is 1.80 bits per heavy atom. The average Bonchev–Trinajstić information content (AvgIpc) is 1.65. The number of nitriles is 1. The zero-order valence-corrected chi connectivity index (χ0v) is 5.31. The van der Waals surface area contributed by atoms with Crippen molar-refractivity contribution in [1.29, 1.82) is 5.26 Å². The van der Waals surface area contributed by atoms with Gasteiger partial charge in [-0.3, -0.25) is 4.79 Å². The lowest BCUT2D eigenvalue weighted by Gasteiger charge is -1.61. The van der Waals surface area contributed by atoms with Crippen LogP contribution in [0.1, 0.15) is 6.92 Å². The standard InChI is InChI=1S/C2H3N.CH3NO2.CH2O2/c1-2-3;2-1(3)4;2-1-3/h1H3;2H2,(H,3,4);1H,(H,2,3). The van der Waals surface area contributed by atoms with Gasteiger partial charge in [-0.05, 0) is 0 Å². The maximum atomic E-state index is 8.78. The van der Waals surface area contributed by atoms with Gasteiger partial charge in [0.1, 0.15) is 0 Å². The van der Waals surface area contributed by atoms with Crippen LogP contribution in [0.2, 0.25) is 0 Å². The largest absolute Gasteiger partial charge is 0.483 e. The van der Waals surface area contributed by atoms with Gasteiger partial charge in [0.15, 0.2) is 0 Å². The van der Waals surface area contributed by atoms with Gasteiger partial charge < -0.3 is 15.9 Å². The molecule has 58 valence electrons. The Morgan fingerprint density at radius 3 is 1.80 bits per heavy atom. The molecular weight excluding hydrogens is 140 g/mol. The molecule has 0 aromatic carbocycles. The van der Waals surface area contributed by atoms with E-state index in [0.29, 0.717) is 0 Å². The van der Waals surface area contributed by atoms with Crippen molar-refractivity contribution in [2.45, 2.75) is 6.92 Å². The second-order valence-corrected chi connectivity index (χ2v) is 0.667. The van der Waals surface area contributed by atoms with Crippen LogP contribution in [-0.4, -0.2) is 22.8 Å². The molecule has 0 saturated carbocycles. The van der Waals surface area contributed by atoms with E-state index in [1.54, 1.807) is 6.07 Å². The van der Waals surface area contributed by atoms with E-state index in [2.05, 4.69) is 5.73 Å². The number of carbonyl (C=O) groups is 2. The Morgan fingerprint density at radius 1 is 1.80 bits per heavy atom. The highest BCUT2D eigenvalue weighted by atomic mass is 16.4. The monoisotopic (exact) mass is 148 g/mol. The first-order valence-electron chi connectivity index (χ1n) is 1.93. The fraction of sp³-hybridized carbons (Fsp3) is 0.250. The third-order valence-electron chi connectivity index (χ3n) is 0. The number of hydrogen-bond donors (Lipinski definition) is 3. The fourth-order valence-electron chi connectivity index (χ4n) is 0. The average molecular weight is 148 g/mol. The molecule has 0 unspecified atom stereocenters. The number of rotatable bonds is 0. The lowest BCUT2D eigenvalue weighted by Crippen LogP contribution is -2.03. The Bertz CT molecular complexity index is 113. The van der Waals surface area contributed by atoms with Crippen LogP contribution < -0.4 is 5.73 Å². The van der Waals surface area contributed by atoms with E-state index in [9.17, 15) is 0 Å². The number of primary amides is 1. The molecule has 0 aromatic rings. The predicted octanol–water partition coefficient (Wildman–Crippen LogP) is -0.146. The zero-order chi connectivity index (χ0) is 8.99. The first-order valence-corrected chi connectivity index (χ1v) is 1.93. The van der Waals surface area contributed by atoms with Gasteiger partial charge in [-0.15, -0.1) is 0 Å². The number of amides is 1. The normalized spacial score (nSPS) is 4.40. The number of nitrogens with zero attached hydrogens (tertiary/aromatic N) is 1. The summed E-state index contributed by atoms with van der Waals surface area (Å²) in [6.45, 7) is 1.18. The molecule has 0 radical (unpaired) electrons. The molecule has 0 aliphatic rings. The van der Waals surface area contributed by atoms with Crippen LogP contribution in [-0.2, 0) is 4.79 Å². The summed E-state index contributed by atoms with van der Waals surface area (Å²) in [6, 6.07) is 1.75. The van der Waals surface area contributed by atoms with Crippen molar-refractivity contribution in [2.75, 3.05) is 0 Å². The molecule has 0 bridgehead atoms. The lowest BCUT2D eigenvalue weighted by molar-refractivity contribution is -0.122. The van der Waals surface area contributed by atoms with E-state index in [1.165, 1.54) is 6.92 Å². The van der Waals surface area contributed by atoms with Crippen molar-refractivity contribution in [2.24, 2.45) is 5.73 Å². The summed E-state index contributed by atoms with van der Waals surface area (Å²) in [4.78, 5) is 17.1. The summed E-state index contributed by atoms with van der Waals surface area (Å²) in [6.07, 6.45) is -1.33. The third-order valence-corrected chi connectivity index (χ3v) is 0. The third kappa shape index (κ3) is 54.4. The molecule has 0 spiro atoms. The first kappa shape index (κ1) is 15.7. The SMILES string of the molecule is CC#N.NC(=O)O.O=CO. The van der Waals surface area contributed by atoms with Crippen LogP contribution in [0.25, 0.3) is 0 Å². The lowest BCUT2D eigenvalue weighted by atomic mass is 11.0. The highest BCUT2D eigenvalue weighted by molar-refractivity contribution is 5.61. The van der Waals surface area contributed by atoms with E-state index < -0.39 is 6.09 Å². The molecule has 0 aliphatic carbocycles. The summed E-state index contributed by atoms with van der Waals surface area (Å²) in [5.41, 5.74) is 4.03. The minimum Gasteiger partial charge on any atom is -0.483 e. The Balaban J connectivity index is -0.0000000750. The van der Waals surface area contributed by atoms with Crippen molar-refractivity contribution in [1.82, 2.24) is 0 Å². The van der Waals surface area contributed by atoms with E-state index in [4.69, 9.17) is 25.1 Å². The van der Waals surface area contributed by atoms with Crippen molar-refractivity contribution < 1.29 is 19.8 Å². The number of hydrogen-bond acceptors (Lipinski definition) is 3. The highest BCUT2D eigenvalue weighted by Crippen LogP contribution is 1.34. The molecule has 0 atom stereocenters. The summed E-state index contributed by atoms with van der Waals surface area (Å²) in [5, 5.41) is 21.4. The smallest absolute Gasteiger partial charge is 0.402 e. The molecule has 1 amide bonds. The van der Waals surface area contributed by atoms with Crippen molar-refractivity contribution in [3.05, 3.63) is 0 Å². The van der Waals surface area contributed by atoms with Crippen molar-refractivity contribution in [3.63, 3.8) is 0 Å². The van der Waals surface area contributed by atoms with Gasteiger partial charge in [-0.25, -0.2) is 4.79 Å². The second kappa shape index (κ2) is 26.9. The van der Waals surface area contributed by atoms with Crippen molar-refractivity contribution in [3.8, 4) is 6.07 Å². The van der Waals surface area contributed by atoms with E-state index >= 15 is 0 Å². The van der Waals surface area contributed by atoms with Crippen LogP contribution in [0, 0.1) is 11.3 Å². The molecular formula is C4H8N2O4. The van der Waals surface area contributed by atoms with Gasteiger partial charge >= 0.3 is 6.09 Å². The highest BCUT2D eigenvalue weighted by Gasteiger charge is 1.65. The molecule has 0 rings (SSSR count). The molecule has 4 N–H and O–H groups in total. The summed E-state index contributed by atoms with van der Waals surface area (Å²) in [5.74, 6) is 0. The zero-order valence-electron chi connectivity index (χ0n) is 5.31. The summed E-state index contributed by atoms with van der Waals surface area (Å²) < 4.78 is 0. The van der Waals surface area contributed by atoms with E-state index in [-0.39, 0.29) is 6.47 Å². The molecule has 0 aromatic heterocycles. The minimum absolute atomic E-state index is 0.250. The predicted molar refractivity (Wildman–Crippen MR) is 32.2 cm³/mol. The van der Waals surface area contributed by atoms with Gasteiger partial charge in [0, 0.05) is 6.92 Å². The Labute approximate surface area is 57.5 Å². The van der Waals surface area contributed by atoms with Crippen LogP contribution in [0.15, 0.2) is 0 Å². The maximum absolute atomic E-state index is 8.78. The Hall–Kier alpha value is -1.77. The van der Waals surface area contributed by atoms with Gasteiger partial charge in [0.2, 0.25) is 0 Å². The molecule has 6 nitrogen and oxygen atoms in total. The van der Waals surface area contributed by atoms with E-state index in [0.717, 1.165) is 0 Å². The second-order valence-electron chi connectivity index (χ2n) is 0.667. The van der Waals surface area contributed by atoms with Gasteiger partial charge in [-0.1, -0.05) is 0 Å². The van der Waals surface area contributed by atoms with Crippen LogP contribution in [0.5, 0.6) is 0 Å². The molecule has 10 heavy (non-hydrogen) atoms. The summed E-state index contributed by atoms with van der Waals surface area (Å²) >= 11 is 0. The number of carboxylic acid groups (broad SMARTS) is 2. The molecule has 0 aliphatic heterocycles. The molecule has 0 saturated heterocycles. The van der Waals surface area contributed by atoms with Crippen LogP contribution in [0.4, 0.5) is 4.79 Å². The van der Waals surface area contributed by atoms with E-state index in [1.807, 2.05) is 0 Å². The Kier molecular flexibility index (Phi) is 42.3. The quantitative estimate of drug-likeness (QED) is 0.412.